The molecular weight excluding hydrogens is 611 g/mol. The first-order valence-electron chi connectivity index (χ1n) is 12.2. The largest absolute Gasteiger partial charge is 0.488 e. The van der Waals surface area contributed by atoms with Crippen molar-refractivity contribution >= 4 is 73.5 Å². The summed E-state index contributed by atoms with van der Waals surface area (Å²) in [6.45, 7) is 2.49. The number of carbonyl (C=O) groups is 2. The number of anilines is 2. The van der Waals surface area contributed by atoms with Gasteiger partial charge in [0, 0.05) is 11.3 Å². The summed E-state index contributed by atoms with van der Waals surface area (Å²) in [6, 6.07) is 25.9. The summed E-state index contributed by atoms with van der Waals surface area (Å²) in [5, 5.41) is 2.72. The summed E-state index contributed by atoms with van der Waals surface area (Å²) in [5.41, 5.74) is 4.36. The van der Waals surface area contributed by atoms with Gasteiger partial charge in [0.25, 0.3) is 11.8 Å². The maximum atomic E-state index is 13.3. The van der Waals surface area contributed by atoms with E-state index >= 15 is 0 Å². The van der Waals surface area contributed by atoms with Gasteiger partial charge < -0.3 is 10.1 Å². The summed E-state index contributed by atoms with van der Waals surface area (Å²) in [4.78, 5) is 28.0. The number of halogens is 2. The van der Waals surface area contributed by atoms with Gasteiger partial charge in [-0.3, -0.25) is 14.5 Å². The zero-order chi connectivity index (χ0) is 28.2. The maximum Gasteiger partial charge on any atom is 0.270 e. The zero-order valence-corrected chi connectivity index (χ0v) is 24.4. The maximum absolute atomic E-state index is 13.3. The molecule has 0 unspecified atom stereocenters. The summed E-state index contributed by atoms with van der Waals surface area (Å²) in [7, 11) is 0. The molecule has 40 heavy (non-hydrogen) atoms. The molecule has 0 spiro atoms. The Bertz CT molecular complexity index is 1640. The molecule has 1 aliphatic heterocycles. The molecular formula is C31H22BrFN2O3S2. The second-order valence-corrected chi connectivity index (χ2v) is 11.5. The number of thioether (sulfide) groups is 1. The van der Waals surface area contributed by atoms with Gasteiger partial charge in [-0.25, -0.2) is 4.39 Å². The average Bonchev–Trinajstić information content (AvgIpc) is 3.22. The van der Waals surface area contributed by atoms with Crippen molar-refractivity contribution in [2.45, 2.75) is 13.5 Å². The minimum absolute atomic E-state index is 0.276. The molecule has 1 saturated heterocycles. The molecule has 5 nitrogen and oxygen atoms in total. The molecule has 9 heteroatoms. The number of benzene rings is 4. The second-order valence-electron chi connectivity index (χ2n) is 8.99. The van der Waals surface area contributed by atoms with Gasteiger partial charge in [-0.15, -0.1) is 0 Å². The molecule has 0 radical (unpaired) electrons. The van der Waals surface area contributed by atoms with Crippen LogP contribution in [0.15, 0.2) is 100 Å². The number of amides is 2. The van der Waals surface area contributed by atoms with Crippen molar-refractivity contribution in [3.63, 3.8) is 0 Å². The van der Waals surface area contributed by atoms with Crippen LogP contribution in [0.5, 0.6) is 5.75 Å². The van der Waals surface area contributed by atoms with E-state index in [0.29, 0.717) is 38.5 Å². The molecule has 1 aliphatic rings. The van der Waals surface area contributed by atoms with Crippen LogP contribution in [0, 0.1) is 12.7 Å². The third kappa shape index (κ3) is 6.50. The predicted octanol–water partition coefficient (Wildman–Crippen LogP) is 8.13. The smallest absolute Gasteiger partial charge is 0.270 e. The number of hydrogen-bond donors (Lipinski definition) is 1. The molecule has 0 atom stereocenters. The van der Waals surface area contributed by atoms with Crippen LogP contribution in [0.1, 0.15) is 27.0 Å². The van der Waals surface area contributed by atoms with Crippen molar-refractivity contribution in [2.24, 2.45) is 0 Å². The number of nitrogens with zero attached hydrogens (tertiary/aromatic N) is 1. The van der Waals surface area contributed by atoms with Crippen LogP contribution in [0.3, 0.4) is 0 Å². The summed E-state index contributed by atoms with van der Waals surface area (Å²) >= 11 is 10.3. The molecule has 5 rings (SSSR count). The van der Waals surface area contributed by atoms with Gasteiger partial charge >= 0.3 is 0 Å². The van der Waals surface area contributed by atoms with E-state index in [1.54, 1.807) is 30.3 Å². The fourth-order valence-electron chi connectivity index (χ4n) is 3.93. The third-order valence-corrected chi connectivity index (χ3v) is 7.95. The summed E-state index contributed by atoms with van der Waals surface area (Å²) in [5.74, 6) is -0.357. The summed E-state index contributed by atoms with van der Waals surface area (Å²) < 4.78 is 20.3. The van der Waals surface area contributed by atoms with Crippen LogP contribution < -0.4 is 15.0 Å². The van der Waals surface area contributed by atoms with E-state index < -0.39 is 5.82 Å². The fraction of sp³-hybridized carbons (Fsp3) is 0.0645. The Labute approximate surface area is 249 Å². The standard InChI is InChI=1S/C31H22BrFN2O3S2/c1-19-5-7-20(8-6-19)18-38-27-14-9-21(15-26(27)32)16-28-30(37)35(31(39)40-28)25-4-2-3-22(17-25)29(36)34-24-12-10-23(33)11-13-24/h2-17H,18H2,1H3,(H,34,36)/b28-16+. The normalized spacial score (nSPS) is 14.1. The lowest BCUT2D eigenvalue weighted by Gasteiger charge is -2.15. The summed E-state index contributed by atoms with van der Waals surface area (Å²) in [6.07, 6.45) is 1.78. The highest BCUT2D eigenvalue weighted by molar-refractivity contribution is 9.10. The van der Waals surface area contributed by atoms with Crippen molar-refractivity contribution in [3.8, 4) is 5.75 Å². The van der Waals surface area contributed by atoms with Crippen molar-refractivity contribution in [2.75, 3.05) is 10.2 Å². The highest BCUT2D eigenvalue weighted by atomic mass is 79.9. The Morgan fingerprint density at radius 3 is 2.52 bits per heavy atom. The number of nitrogens with one attached hydrogen (secondary N) is 1. The number of hydrogen-bond acceptors (Lipinski definition) is 5. The molecule has 1 heterocycles. The van der Waals surface area contributed by atoms with E-state index in [1.807, 2.05) is 49.4 Å². The van der Waals surface area contributed by atoms with E-state index in [4.69, 9.17) is 17.0 Å². The minimum Gasteiger partial charge on any atom is -0.488 e. The fourth-order valence-corrected chi connectivity index (χ4v) is 5.74. The second kappa shape index (κ2) is 12.2. The van der Waals surface area contributed by atoms with Gasteiger partial charge in [-0.1, -0.05) is 65.9 Å². The SMILES string of the molecule is Cc1ccc(COc2ccc(/C=C3/SC(=S)N(c4cccc(C(=O)Nc5ccc(F)cc5)c4)C3=O)cc2Br)cc1. The first-order valence-corrected chi connectivity index (χ1v) is 14.2. The molecule has 1 fully saturated rings. The third-order valence-electron chi connectivity index (χ3n) is 6.03. The molecule has 0 aliphatic carbocycles. The van der Waals surface area contributed by atoms with Gasteiger partial charge in [-0.2, -0.15) is 0 Å². The molecule has 0 aromatic heterocycles. The van der Waals surface area contributed by atoms with Gasteiger partial charge in [0.15, 0.2) is 4.32 Å². The van der Waals surface area contributed by atoms with Crippen LogP contribution in [-0.2, 0) is 11.4 Å². The predicted molar refractivity (Wildman–Crippen MR) is 166 cm³/mol. The number of aryl methyl sites for hydroxylation is 1. The van der Waals surface area contributed by atoms with Crippen LogP contribution in [0.2, 0.25) is 0 Å². The van der Waals surface area contributed by atoms with E-state index in [1.165, 1.54) is 46.5 Å². The van der Waals surface area contributed by atoms with Crippen molar-refractivity contribution in [3.05, 3.63) is 128 Å². The van der Waals surface area contributed by atoms with Gasteiger partial charge in [0.1, 0.15) is 18.2 Å². The number of rotatable bonds is 7. The van der Waals surface area contributed by atoms with Crippen LogP contribution in [0.4, 0.5) is 15.8 Å². The lowest BCUT2D eigenvalue weighted by atomic mass is 10.1. The van der Waals surface area contributed by atoms with Gasteiger partial charge in [0.2, 0.25) is 0 Å². The lowest BCUT2D eigenvalue weighted by molar-refractivity contribution is -0.113. The average molecular weight is 634 g/mol. The Morgan fingerprint density at radius 1 is 1.05 bits per heavy atom. The Hall–Kier alpha value is -3.79. The lowest BCUT2D eigenvalue weighted by Crippen LogP contribution is -2.27. The first-order chi connectivity index (χ1) is 19.3. The number of thiocarbonyl (C=S) groups is 1. The van der Waals surface area contributed by atoms with E-state index in [9.17, 15) is 14.0 Å². The van der Waals surface area contributed by atoms with Crippen LogP contribution in [0.25, 0.3) is 6.08 Å². The molecule has 2 amide bonds. The topological polar surface area (TPSA) is 58.6 Å². The van der Waals surface area contributed by atoms with E-state index in [0.717, 1.165) is 15.6 Å². The highest BCUT2D eigenvalue weighted by Crippen LogP contribution is 2.37. The van der Waals surface area contributed by atoms with E-state index in [-0.39, 0.29) is 11.8 Å². The van der Waals surface area contributed by atoms with Crippen molar-refractivity contribution < 1.29 is 18.7 Å². The van der Waals surface area contributed by atoms with Crippen molar-refractivity contribution in [1.82, 2.24) is 0 Å². The monoisotopic (exact) mass is 632 g/mol. The minimum atomic E-state index is -0.392. The van der Waals surface area contributed by atoms with Gasteiger partial charge in [-0.05, 0) is 94.7 Å². The molecule has 4 aromatic rings. The van der Waals surface area contributed by atoms with Crippen molar-refractivity contribution in [1.29, 1.82) is 0 Å². The first kappa shape index (κ1) is 27.8. The van der Waals surface area contributed by atoms with Crippen LogP contribution in [-0.4, -0.2) is 16.1 Å². The number of carbonyl (C=O) groups excluding carboxylic acids is 2. The van der Waals surface area contributed by atoms with Gasteiger partial charge in [0.05, 0.1) is 15.1 Å². The molecule has 1 N–H and O–H groups in total. The Morgan fingerprint density at radius 2 is 1.80 bits per heavy atom. The van der Waals surface area contributed by atoms with E-state index in [2.05, 4.69) is 21.2 Å². The quantitative estimate of drug-likeness (QED) is 0.165. The molecule has 4 aromatic carbocycles. The Kier molecular flexibility index (Phi) is 8.44. The molecule has 0 bridgehead atoms. The highest BCUT2D eigenvalue weighted by Gasteiger charge is 2.33. The van der Waals surface area contributed by atoms with Crippen LogP contribution >= 0.6 is 39.9 Å². The zero-order valence-electron chi connectivity index (χ0n) is 21.2. The number of ether oxygens (including phenoxy) is 1. The molecule has 0 saturated carbocycles. The Balaban J connectivity index is 1.29. The molecule has 200 valence electrons.